The molecule has 0 atom stereocenters. The van der Waals surface area contributed by atoms with E-state index in [1.165, 1.54) is 36.8 Å². The lowest BCUT2D eigenvalue weighted by atomic mass is 9.97. The number of allylic oxidation sites excluding steroid dienone is 1. The number of rotatable bonds is 7. The van der Waals surface area contributed by atoms with Crippen LogP contribution in [0.15, 0.2) is 40.9 Å². The lowest BCUT2D eigenvalue weighted by molar-refractivity contribution is 0.402. The molecule has 132 valence electrons. The van der Waals surface area contributed by atoms with Crippen molar-refractivity contribution in [1.29, 1.82) is 0 Å². The average molecular weight is 329 g/mol. The van der Waals surface area contributed by atoms with Crippen molar-refractivity contribution >= 4 is 5.96 Å². The SMILES string of the molecule is CN=C(NCCC1=CCCCC1)NCc1cccc(CN(C)C)c1. The average Bonchev–Trinajstić information content (AvgIpc) is 2.58. The van der Waals surface area contributed by atoms with Crippen LogP contribution in [0.4, 0.5) is 0 Å². The zero-order valence-corrected chi connectivity index (χ0v) is 15.4. The zero-order valence-electron chi connectivity index (χ0n) is 15.4. The summed E-state index contributed by atoms with van der Waals surface area (Å²) in [7, 11) is 6.02. The van der Waals surface area contributed by atoms with Crippen LogP contribution in [-0.4, -0.2) is 38.5 Å². The Morgan fingerprint density at radius 1 is 1.17 bits per heavy atom. The molecule has 0 unspecified atom stereocenters. The molecular weight excluding hydrogens is 296 g/mol. The first-order chi connectivity index (χ1) is 11.7. The molecule has 2 rings (SSSR count). The van der Waals surface area contributed by atoms with E-state index in [4.69, 9.17) is 0 Å². The third-order valence-corrected chi connectivity index (χ3v) is 4.30. The number of nitrogens with one attached hydrogen (secondary N) is 2. The number of guanidine groups is 1. The molecule has 0 saturated heterocycles. The normalized spacial score (nSPS) is 15.3. The molecular formula is C20H32N4. The third-order valence-electron chi connectivity index (χ3n) is 4.30. The first-order valence-corrected chi connectivity index (χ1v) is 9.02. The van der Waals surface area contributed by atoms with E-state index in [9.17, 15) is 0 Å². The summed E-state index contributed by atoms with van der Waals surface area (Å²) in [5.74, 6) is 0.879. The van der Waals surface area contributed by atoms with Gasteiger partial charge in [-0.2, -0.15) is 0 Å². The molecule has 0 spiro atoms. The Kier molecular flexibility index (Phi) is 7.83. The van der Waals surface area contributed by atoms with Crippen LogP contribution < -0.4 is 10.6 Å². The van der Waals surface area contributed by atoms with Crippen LogP contribution in [0, 0.1) is 0 Å². The van der Waals surface area contributed by atoms with Crippen LogP contribution >= 0.6 is 0 Å². The van der Waals surface area contributed by atoms with E-state index in [-0.39, 0.29) is 0 Å². The molecule has 1 aliphatic carbocycles. The highest BCUT2D eigenvalue weighted by Gasteiger charge is 2.04. The van der Waals surface area contributed by atoms with Gasteiger partial charge >= 0.3 is 0 Å². The molecule has 0 fully saturated rings. The van der Waals surface area contributed by atoms with Gasteiger partial charge in [-0.3, -0.25) is 4.99 Å². The quantitative estimate of drug-likeness (QED) is 0.458. The van der Waals surface area contributed by atoms with Crippen molar-refractivity contribution in [3.05, 3.63) is 47.0 Å². The zero-order chi connectivity index (χ0) is 17.2. The van der Waals surface area contributed by atoms with Crippen LogP contribution in [0.2, 0.25) is 0 Å². The second-order valence-corrected chi connectivity index (χ2v) is 6.77. The van der Waals surface area contributed by atoms with Crippen molar-refractivity contribution < 1.29 is 0 Å². The molecule has 1 aromatic rings. The minimum atomic E-state index is 0.795. The van der Waals surface area contributed by atoms with Crippen molar-refractivity contribution in [2.24, 2.45) is 4.99 Å². The van der Waals surface area contributed by atoms with Crippen LogP contribution in [-0.2, 0) is 13.1 Å². The lowest BCUT2D eigenvalue weighted by Crippen LogP contribution is -2.37. The van der Waals surface area contributed by atoms with Crippen molar-refractivity contribution in [2.75, 3.05) is 27.7 Å². The number of aliphatic imine (C=N–C) groups is 1. The van der Waals surface area contributed by atoms with Gasteiger partial charge in [-0.15, -0.1) is 0 Å². The van der Waals surface area contributed by atoms with Crippen molar-refractivity contribution in [3.63, 3.8) is 0 Å². The van der Waals surface area contributed by atoms with Crippen LogP contribution in [0.3, 0.4) is 0 Å². The molecule has 2 N–H and O–H groups in total. The minimum Gasteiger partial charge on any atom is -0.356 e. The Balaban J connectivity index is 1.75. The van der Waals surface area contributed by atoms with Crippen LogP contribution in [0.5, 0.6) is 0 Å². The first-order valence-electron chi connectivity index (χ1n) is 9.02. The molecule has 4 nitrogen and oxygen atoms in total. The number of hydrogen-bond acceptors (Lipinski definition) is 2. The summed E-state index contributed by atoms with van der Waals surface area (Å²) in [6.45, 7) is 2.71. The lowest BCUT2D eigenvalue weighted by Gasteiger charge is -2.16. The third kappa shape index (κ3) is 6.75. The molecule has 0 radical (unpaired) electrons. The fourth-order valence-corrected chi connectivity index (χ4v) is 3.08. The summed E-state index contributed by atoms with van der Waals surface area (Å²) in [6.07, 6.45) is 8.77. The Morgan fingerprint density at radius 2 is 2.00 bits per heavy atom. The summed E-state index contributed by atoms with van der Waals surface area (Å²) in [5.41, 5.74) is 4.22. The molecule has 4 heteroatoms. The van der Waals surface area contributed by atoms with E-state index in [1.54, 1.807) is 5.57 Å². The van der Waals surface area contributed by atoms with Crippen LogP contribution in [0.1, 0.15) is 43.2 Å². The smallest absolute Gasteiger partial charge is 0.191 e. The standard InChI is InChI=1S/C20H32N4/c1-21-20(22-13-12-17-8-5-4-6-9-17)23-15-18-10-7-11-19(14-18)16-24(2)3/h7-8,10-11,14H,4-6,9,12-13,15-16H2,1-3H3,(H2,21,22,23). The number of nitrogens with zero attached hydrogens (tertiary/aromatic N) is 2. The van der Waals surface area contributed by atoms with Gasteiger partial charge in [-0.05, 0) is 57.3 Å². The molecule has 0 heterocycles. The van der Waals surface area contributed by atoms with E-state index in [1.807, 2.05) is 7.05 Å². The highest BCUT2D eigenvalue weighted by atomic mass is 15.2. The maximum absolute atomic E-state index is 4.32. The van der Waals surface area contributed by atoms with Gasteiger partial charge in [0.05, 0.1) is 0 Å². The summed E-state index contributed by atoms with van der Waals surface area (Å²) in [5, 5.41) is 6.83. The molecule has 0 bridgehead atoms. The van der Waals surface area contributed by atoms with E-state index >= 15 is 0 Å². The van der Waals surface area contributed by atoms with Gasteiger partial charge in [0, 0.05) is 26.7 Å². The predicted octanol–water partition coefficient (Wildman–Crippen LogP) is 3.30. The Hall–Kier alpha value is -1.81. The summed E-state index contributed by atoms with van der Waals surface area (Å²) in [4.78, 5) is 6.51. The molecule has 0 amide bonds. The van der Waals surface area contributed by atoms with Gasteiger partial charge in [0.2, 0.25) is 0 Å². The monoisotopic (exact) mass is 328 g/mol. The van der Waals surface area contributed by atoms with Gasteiger partial charge in [-0.25, -0.2) is 0 Å². The molecule has 1 aromatic carbocycles. The van der Waals surface area contributed by atoms with Gasteiger partial charge in [0.1, 0.15) is 0 Å². The Labute approximate surface area is 147 Å². The predicted molar refractivity (Wildman–Crippen MR) is 103 cm³/mol. The molecule has 0 aliphatic heterocycles. The topological polar surface area (TPSA) is 39.7 Å². The van der Waals surface area contributed by atoms with Crippen molar-refractivity contribution in [3.8, 4) is 0 Å². The number of hydrogen-bond donors (Lipinski definition) is 2. The number of benzene rings is 1. The van der Waals surface area contributed by atoms with Crippen LogP contribution in [0.25, 0.3) is 0 Å². The Bertz CT molecular complexity index is 561. The van der Waals surface area contributed by atoms with Crippen molar-refractivity contribution in [2.45, 2.75) is 45.2 Å². The van der Waals surface area contributed by atoms with E-state index < -0.39 is 0 Å². The first kappa shape index (κ1) is 18.5. The van der Waals surface area contributed by atoms with E-state index in [0.29, 0.717) is 0 Å². The Morgan fingerprint density at radius 3 is 2.71 bits per heavy atom. The van der Waals surface area contributed by atoms with Gasteiger partial charge in [-0.1, -0.05) is 35.9 Å². The molecule has 24 heavy (non-hydrogen) atoms. The second-order valence-electron chi connectivity index (χ2n) is 6.77. The molecule has 0 aromatic heterocycles. The van der Waals surface area contributed by atoms with Gasteiger partial charge in [0.15, 0.2) is 5.96 Å². The highest BCUT2D eigenvalue weighted by molar-refractivity contribution is 5.79. The highest BCUT2D eigenvalue weighted by Crippen LogP contribution is 2.19. The molecule has 0 saturated carbocycles. The molecule has 1 aliphatic rings. The summed E-state index contributed by atoms with van der Waals surface area (Å²) < 4.78 is 0. The minimum absolute atomic E-state index is 0.795. The van der Waals surface area contributed by atoms with Gasteiger partial charge in [0.25, 0.3) is 0 Å². The van der Waals surface area contributed by atoms with E-state index in [2.05, 4.69) is 65.0 Å². The van der Waals surface area contributed by atoms with Gasteiger partial charge < -0.3 is 15.5 Å². The maximum atomic E-state index is 4.32. The van der Waals surface area contributed by atoms with Crippen molar-refractivity contribution in [1.82, 2.24) is 15.5 Å². The fraction of sp³-hybridized carbons (Fsp3) is 0.550. The second kappa shape index (κ2) is 10.1. The maximum Gasteiger partial charge on any atom is 0.191 e. The summed E-state index contributed by atoms with van der Waals surface area (Å²) >= 11 is 0. The largest absolute Gasteiger partial charge is 0.356 e. The van der Waals surface area contributed by atoms with E-state index in [0.717, 1.165) is 32.0 Å². The summed E-state index contributed by atoms with van der Waals surface area (Å²) in [6, 6.07) is 8.72. The fourth-order valence-electron chi connectivity index (χ4n) is 3.08.